The molecule has 0 saturated carbocycles. The van der Waals surface area contributed by atoms with Crippen molar-refractivity contribution in [2.45, 2.75) is 12.3 Å². The second-order valence-corrected chi connectivity index (χ2v) is 4.12. The van der Waals surface area contributed by atoms with Crippen molar-refractivity contribution in [2.24, 2.45) is 0 Å². The van der Waals surface area contributed by atoms with Gasteiger partial charge in [0.05, 0.1) is 0 Å². The number of aromatic nitrogens is 2. The molecule has 86 valence electrons. The number of aryl methyl sites for hydroxylation is 1. The molecule has 0 unspecified atom stereocenters. The molecule has 0 fully saturated rings. The second-order valence-electron chi connectivity index (χ2n) is 4.12. The molecule has 4 radical (unpaired) electrons. The summed E-state index contributed by atoms with van der Waals surface area (Å²) < 4.78 is 1.28. The summed E-state index contributed by atoms with van der Waals surface area (Å²) in [5.41, 5.74) is 0.394. The van der Waals surface area contributed by atoms with Crippen molar-refractivity contribution in [3.63, 3.8) is 0 Å². The monoisotopic (exact) mass is 236 g/mol. The fraction of sp³-hybridized carbons (Fsp3) is 0.167. The summed E-state index contributed by atoms with van der Waals surface area (Å²) in [6, 6.07) is 6.49. The highest BCUT2D eigenvalue weighted by Gasteiger charge is 2.20. The highest BCUT2D eigenvalue weighted by molar-refractivity contribution is 6.38. The van der Waals surface area contributed by atoms with Gasteiger partial charge in [0, 0.05) is 23.4 Å². The Balaban J connectivity index is 2.60. The number of hydrogen-bond donors (Lipinski definition) is 1. The molecule has 4 nitrogen and oxygen atoms in total. The van der Waals surface area contributed by atoms with Crippen molar-refractivity contribution in [3.05, 3.63) is 58.1 Å². The quantitative estimate of drug-likeness (QED) is 0.745. The van der Waals surface area contributed by atoms with Crippen molar-refractivity contribution in [1.29, 1.82) is 0 Å². The van der Waals surface area contributed by atoms with Gasteiger partial charge in [0.15, 0.2) is 0 Å². The van der Waals surface area contributed by atoms with Crippen LogP contribution in [-0.2, 0) is 5.40 Å². The summed E-state index contributed by atoms with van der Waals surface area (Å²) >= 11 is 0. The highest BCUT2D eigenvalue weighted by atomic mass is 16.3. The van der Waals surface area contributed by atoms with E-state index >= 15 is 0 Å². The molecule has 2 aromatic heterocycles. The van der Waals surface area contributed by atoms with Gasteiger partial charge in [-0.1, -0.05) is 12.1 Å². The molecule has 0 atom stereocenters. The maximum absolute atomic E-state index is 12.1. The topological polar surface area (TPSA) is 55.1 Å². The van der Waals surface area contributed by atoms with Crippen LogP contribution in [0.2, 0.25) is 0 Å². The van der Waals surface area contributed by atoms with E-state index in [1.165, 1.54) is 16.8 Å². The Morgan fingerprint density at radius 1 is 1.33 bits per heavy atom. The van der Waals surface area contributed by atoms with Crippen LogP contribution in [0.3, 0.4) is 0 Å². The van der Waals surface area contributed by atoms with E-state index in [2.05, 4.69) is 4.98 Å². The molecule has 0 aromatic carbocycles. The SMILES string of the molecule is [B]C([B])(O)c1cccn(-c2ccc(C)cn2)c1=O. The van der Waals surface area contributed by atoms with Gasteiger partial charge in [-0.15, -0.1) is 0 Å². The predicted octanol–water partition coefficient (Wildman–Crippen LogP) is -0.0195. The summed E-state index contributed by atoms with van der Waals surface area (Å²) in [7, 11) is 10.7. The third-order valence-corrected chi connectivity index (χ3v) is 2.52. The predicted molar refractivity (Wildman–Crippen MR) is 70.0 cm³/mol. The van der Waals surface area contributed by atoms with E-state index in [0.717, 1.165) is 5.56 Å². The van der Waals surface area contributed by atoms with Crippen molar-refractivity contribution in [3.8, 4) is 5.82 Å². The molecule has 0 spiro atoms. The fourth-order valence-electron chi connectivity index (χ4n) is 1.58. The zero-order valence-corrected chi connectivity index (χ0v) is 9.87. The van der Waals surface area contributed by atoms with Crippen molar-refractivity contribution >= 4 is 15.7 Å². The molecule has 0 aliphatic rings. The number of pyridine rings is 2. The van der Waals surface area contributed by atoms with E-state index in [0.29, 0.717) is 5.82 Å². The Morgan fingerprint density at radius 3 is 2.61 bits per heavy atom. The Hall–Kier alpha value is -1.81. The van der Waals surface area contributed by atoms with E-state index in [1.54, 1.807) is 18.3 Å². The first kappa shape index (κ1) is 12.6. The van der Waals surface area contributed by atoms with Crippen LogP contribution in [0.5, 0.6) is 0 Å². The molecule has 2 rings (SSSR count). The molecule has 0 saturated heterocycles. The van der Waals surface area contributed by atoms with E-state index < -0.39 is 11.0 Å². The highest BCUT2D eigenvalue weighted by Crippen LogP contribution is 2.10. The summed E-state index contributed by atoms with van der Waals surface area (Å²) in [4.78, 5) is 16.2. The van der Waals surface area contributed by atoms with Gasteiger partial charge in [-0.05, 0) is 24.6 Å². The minimum atomic E-state index is -2.16. The summed E-state index contributed by atoms with van der Waals surface area (Å²) in [6.07, 6.45) is 3.18. The van der Waals surface area contributed by atoms with E-state index in [-0.39, 0.29) is 5.56 Å². The summed E-state index contributed by atoms with van der Waals surface area (Å²) in [5, 5.41) is 7.35. The van der Waals surface area contributed by atoms with E-state index in [9.17, 15) is 9.90 Å². The lowest BCUT2D eigenvalue weighted by atomic mass is 9.62. The van der Waals surface area contributed by atoms with Gasteiger partial charge in [0.1, 0.15) is 21.5 Å². The average molecular weight is 236 g/mol. The summed E-state index contributed by atoms with van der Waals surface area (Å²) in [6.45, 7) is 1.90. The number of nitrogens with zero attached hydrogens (tertiary/aromatic N) is 2. The van der Waals surface area contributed by atoms with Crippen molar-refractivity contribution in [1.82, 2.24) is 9.55 Å². The molecule has 0 amide bonds. The second kappa shape index (κ2) is 4.46. The van der Waals surface area contributed by atoms with Crippen molar-refractivity contribution < 1.29 is 5.11 Å². The van der Waals surface area contributed by atoms with Crippen LogP contribution >= 0.6 is 0 Å². The molecule has 2 aromatic rings. The first-order valence-corrected chi connectivity index (χ1v) is 5.35. The molecule has 0 aliphatic heterocycles. The molecular weight excluding hydrogens is 226 g/mol. The normalized spacial score (nSPS) is 11.4. The maximum atomic E-state index is 12.1. The fourth-order valence-corrected chi connectivity index (χ4v) is 1.58. The average Bonchev–Trinajstić information content (AvgIpc) is 2.29. The van der Waals surface area contributed by atoms with E-state index in [4.69, 9.17) is 15.7 Å². The number of hydrogen-bond acceptors (Lipinski definition) is 3. The lowest BCUT2D eigenvalue weighted by Gasteiger charge is -2.19. The minimum absolute atomic E-state index is 0.0904. The Bertz CT molecular complexity index is 615. The lowest BCUT2D eigenvalue weighted by molar-refractivity contribution is 0.215. The Morgan fingerprint density at radius 2 is 2.06 bits per heavy atom. The van der Waals surface area contributed by atoms with Crippen LogP contribution in [-0.4, -0.2) is 30.4 Å². The van der Waals surface area contributed by atoms with Crippen LogP contribution in [0.4, 0.5) is 0 Å². The third kappa shape index (κ3) is 2.38. The lowest BCUT2D eigenvalue weighted by Crippen LogP contribution is -2.36. The van der Waals surface area contributed by atoms with Gasteiger partial charge < -0.3 is 5.11 Å². The van der Waals surface area contributed by atoms with E-state index in [1.807, 2.05) is 13.0 Å². The molecule has 0 bridgehead atoms. The smallest absolute Gasteiger partial charge is 0.260 e. The maximum Gasteiger partial charge on any atom is 0.260 e. The summed E-state index contributed by atoms with van der Waals surface area (Å²) in [5.74, 6) is 0.441. The zero-order chi connectivity index (χ0) is 13.3. The third-order valence-electron chi connectivity index (χ3n) is 2.52. The molecule has 1 N–H and O–H groups in total. The molecule has 2 heterocycles. The first-order valence-electron chi connectivity index (χ1n) is 5.35. The Kier molecular flexibility index (Phi) is 3.13. The standard InChI is InChI=1S/C12H10B2N2O2/c1-8-4-5-10(15-7-8)16-6-2-3-9(11(16)17)12(13,14)18/h2-7,18H,1H3. The molecule has 0 aliphatic carbocycles. The van der Waals surface area contributed by atoms with Crippen LogP contribution in [0.25, 0.3) is 5.82 Å². The first-order chi connectivity index (χ1) is 8.39. The van der Waals surface area contributed by atoms with Gasteiger partial charge in [-0.3, -0.25) is 9.36 Å². The van der Waals surface area contributed by atoms with Crippen molar-refractivity contribution in [2.75, 3.05) is 0 Å². The molecule has 6 heteroatoms. The Labute approximate surface area is 107 Å². The van der Waals surface area contributed by atoms with Crippen LogP contribution < -0.4 is 5.56 Å². The van der Waals surface area contributed by atoms with Crippen LogP contribution in [0.15, 0.2) is 41.5 Å². The minimum Gasteiger partial charge on any atom is -0.405 e. The van der Waals surface area contributed by atoms with Crippen LogP contribution in [0, 0.1) is 6.92 Å². The van der Waals surface area contributed by atoms with Gasteiger partial charge in [0.25, 0.3) is 5.56 Å². The van der Waals surface area contributed by atoms with Gasteiger partial charge in [-0.25, -0.2) is 4.98 Å². The number of aliphatic hydroxyl groups is 1. The molecule has 18 heavy (non-hydrogen) atoms. The zero-order valence-electron chi connectivity index (χ0n) is 9.87. The van der Waals surface area contributed by atoms with Crippen LogP contribution in [0.1, 0.15) is 11.1 Å². The van der Waals surface area contributed by atoms with Gasteiger partial charge in [0.2, 0.25) is 0 Å². The van der Waals surface area contributed by atoms with Gasteiger partial charge in [-0.2, -0.15) is 0 Å². The number of rotatable bonds is 2. The van der Waals surface area contributed by atoms with Gasteiger partial charge >= 0.3 is 0 Å². The largest absolute Gasteiger partial charge is 0.405 e. The molecular formula is C12H10B2N2O2.